The molecule has 0 aliphatic carbocycles. The summed E-state index contributed by atoms with van der Waals surface area (Å²) < 4.78 is 5.44. The Labute approximate surface area is 126 Å². The van der Waals surface area contributed by atoms with Crippen LogP contribution in [0.1, 0.15) is 49.5 Å². The summed E-state index contributed by atoms with van der Waals surface area (Å²) in [6.07, 6.45) is 0.923. The largest absolute Gasteiger partial charge is 0.496 e. The first-order valence-electron chi connectivity index (χ1n) is 7.32. The molecule has 1 aliphatic heterocycles. The van der Waals surface area contributed by atoms with E-state index in [2.05, 4.69) is 20.8 Å². The standard InChI is InChI=1S/C17H23NO3/c1-17(2,3)14-6-5-12(11-15(14)21-4)16(20)18-9-7-13(19)8-10-18/h5-6,11H,7-10H2,1-4H3. The van der Waals surface area contributed by atoms with Gasteiger partial charge in [-0.05, 0) is 23.1 Å². The second-order valence-corrected chi connectivity index (χ2v) is 6.50. The van der Waals surface area contributed by atoms with Crippen molar-refractivity contribution < 1.29 is 14.3 Å². The van der Waals surface area contributed by atoms with Crippen LogP contribution in [0.5, 0.6) is 5.75 Å². The van der Waals surface area contributed by atoms with Crippen molar-refractivity contribution >= 4 is 11.7 Å². The Balaban J connectivity index is 2.24. The van der Waals surface area contributed by atoms with Gasteiger partial charge in [-0.1, -0.05) is 26.8 Å². The fourth-order valence-corrected chi connectivity index (χ4v) is 2.59. The molecule has 1 saturated heterocycles. The third-order valence-electron chi connectivity index (χ3n) is 3.86. The maximum absolute atomic E-state index is 12.5. The number of amides is 1. The van der Waals surface area contributed by atoms with Gasteiger partial charge in [0.1, 0.15) is 11.5 Å². The van der Waals surface area contributed by atoms with E-state index >= 15 is 0 Å². The number of carbonyl (C=O) groups is 2. The van der Waals surface area contributed by atoms with E-state index in [4.69, 9.17) is 4.74 Å². The van der Waals surface area contributed by atoms with Gasteiger partial charge in [-0.15, -0.1) is 0 Å². The zero-order valence-electron chi connectivity index (χ0n) is 13.2. The molecule has 1 aromatic rings. The number of benzene rings is 1. The monoisotopic (exact) mass is 289 g/mol. The highest BCUT2D eigenvalue weighted by Gasteiger charge is 2.24. The summed E-state index contributed by atoms with van der Waals surface area (Å²) in [6.45, 7) is 7.37. The maximum atomic E-state index is 12.5. The maximum Gasteiger partial charge on any atom is 0.254 e. The highest BCUT2D eigenvalue weighted by atomic mass is 16.5. The van der Waals surface area contributed by atoms with Crippen molar-refractivity contribution in [1.29, 1.82) is 0 Å². The summed E-state index contributed by atoms with van der Waals surface area (Å²) in [7, 11) is 1.62. The van der Waals surface area contributed by atoms with Gasteiger partial charge in [0.25, 0.3) is 5.91 Å². The van der Waals surface area contributed by atoms with E-state index in [0.29, 0.717) is 31.5 Å². The van der Waals surface area contributed by atoms with Crippen molar-refractivity contribution in [2.24, 2.45) is 0 Å². The van der Waals surface area contributed by atoms with E-state index in [1.54, 1.807) is 18.1 Å². The number of rotatable bonds is 2. The third-order valence-corrected chi connectivity index (χ3v) is 3.86. The lowest BCUT2D eigenvalue weighted by molar-refractivity contribution is -0.120. The van der Waals surface area contributed by atoms with Gasteiger partial charge in [0.15, 0.2) is 0 Å². The van der Waals surface area contributed by atoms with Crippen LogP contribution in [0.15, 0.2) is 18.2 Å². The molecule has 0 radical (unpaired) electrons. The molecule has 4 heteroatoms. The van der Waals surface area contributed by atoms with Crippen molar-refractivity contribution in [1.82, 2.24) is 4.90 Å². The van der Waals surface area contributed by atoms with Crippen molar-refractivity contribution in [2.45, 2.75) is 39.0 Å². The number of hydrogen-bond donors (Lipinski definition) is 0. The molecule has 0 unspecified atom stereocenters. The number of ether oxygens (including phenoxy) is 1. The van der Waals surface area contributed by atoms with Gasteiger partial charge in [0.2, 0.25) is 0 Å². The first kappa shape index (κ1) is 15.5. The van der Waals surface area contributed by atoms with E-state index < -0.39 is 0 Å². The summed E-state index contributed by atoms with van der Waals surface area (Å²) >= 11 is 0. The molecular formula is C17H23NO3. The number of methoxy groups -OCH3 is 1. The number of ketones is 1. The van der Waals surface area contributed by atoms with E-state index in [9.17, 15) is 9.59 Å². The summed E-state index contributed by atoms with van der Waals surface area (Å²) in [5.41, 5.74) is 1.66. The van der Waals surface area contributed by atoms with E-state index in [-0.39, 0.29) is 17.1 Å². The summed E-state index contributed by atoms with van der Waals surface area (Å²) in [5, 5.41) is 0. The average Bonchev–Trinajstić information content (AvgIpc) is 2.45. The van der Waals surface area contributed by atoms with Crippen LogP contribution in [0.4, 0.5) is 0 Å². The lowest BCUT2D eigenvalue weighted by Crippen LogP contribution is -2.38. The first-order valence-corrected chi connectivity index (χ1v) is 7.32. The topological polar surface area (TPSA) is 46.6 Å². The summed E-state index contributed by atoms with van der Waals surface area (Å²) in [4.78, 5) is 25.5. The molecule has 0 atom stereocenters. The second kappa shape index (κ2) is 5.88. The van der Waals surface area contributed by atoms with Gasteiger partial charge in [0, 0.05) is 31.5 Å². The SMILES string of the molecule is COc1cc(C(=O)N2CCC(=O)CC2)ccc1C(C)(C)C. The second-order valence-electron chi connectivity index (χ2n) is 6.50. The van der Waals surface area contributed by atoms with Crippen molar-refractivity contribution in [3.63, 3.8) is 0 Å². The van der Waals surface area contributed by atoms with Crippen molar-refractivity contribution in [3.05, 3.63) is 29.3 Å². The Morgan fingerprint density at radius 2 is 1.81 bits per heavy atom. The average molecular weight is 289 g/mol. The lowest BCUT2D eigenvalue weighted by Gasteiger charge is -2.27. The van der Waals surface area contributed by atoms with E-state index in [1.807, 2.05) is 12.1 Å². The van der Waals surface area contributed by atoms with Crippen LogP contribution >= 0.6 is 0 Å². The smallest absolute Gasteiger partial charge is 0.254 e. The molecule has 1 amide bonds. The van der Waals surface area contributed by atoms with Gasteiger partial charge >= 0.3 is 0 Å². The molecule has 21 heavy (non-hydrogen) atoms. The third kappa shape index (κ3) is 3.43. The molecule has 1 fully saturated rings. The van der Waals surface area contributed by atoms with Crippen molar-refractivity contribution in [3.8, 4) is 5.75 Å². The molecular weight excluding hydrogens is 266 g/mol. The van der Waals surface area contributed by atoms with Crippen LogP contribution in [-0.2, 0) is 10.2 Å². The van der Waals surface area contributed by atoms with Gasteiger partial charge < -0.3 is 9.64 Å². The summed E-state index contributed by atoms with van der Waals surface area (Å²) in [5.74, 6) is 0.947. The molecule has 0 N–H and O–H groups in total. The number of Topliss-reactive ketones (excluding diaryl/α,β-unsaturated/α-hetero) is 1. The molecule has 4 nitrogen and oxygen atoms in total. The highest BCUT2D eigenvalue weighted by Crippen LogP contribution is 2.32. The Bertz CT molecular complexity index is 548. The lowest BCUT2D eigenvalue weighted by atomic mass is 9.85. The normalized spacial score (nSPS) is 16.0. The van der Waals surface area contributed by atoms with Gasteiger partial charge in [-0.2, -0.15) is 0 Å². The minimum absolute atomic E-state index is 0.0266. The van der Waals surface area contributed by atoms with Gasteiger partial charge in [0.05, 0.1) is 7.11 Å². The molecule has 1 aliphatic rings. The highest BCUT2D eigenvalue weighted by molar-refractivity contribution is 5.96. The molecule has 0 saturated carbocycles. The Morgan fingerprint density at radius 1 is 1.19 bits per heavy atom. The van der Waals surface area contributed by atoms with Gasteiger partial charge in [-0.3, -0.25) is 9.59 Å². The minimum atomic E-state index is -0.0372. The quantitative estimate of drug-likeness (QED) is 0.841. The van der Waals surface area contributed by atoms with Crippen molar-refractivity contribution in [2.75, 3.05) is 20.2 Å². The number of carbonyl (C=O) groups excluding carboxylic acids is 2. The zero-order chi connectivity index (χ0) is 15.6. The molecule has 2 rings (SSSR count). The number of piperidine rings is 1. The van der Waals surface area contributed by atoms with Crippen LogP contribution in [0, 0.1) is 0 Å². The van der Waals surface area contributed by atoms with Crippen LogP contribution in [-0.4, -0.2) is 36.8 Å². The molecule has 1 aromatic carbocycles. The Kier molecular flexibility index (Phi) is 4.35. The van der Waals surface area contributed by atoms with Gasteiger partial charge in [-0.25, -0.2) is 0 Å². The first-order chi connectivity index (χ1) is 9.82. The molecule has 0 aromatic heterocycles. The molecule has 114 valence electrons. The molecule has 1 heterocycles. The zero-order valence-corrected chi connectivity index (χ0v) is 13.2. The van der Waals surface area contributed by atoms with Crippen LogP contribution in [0.3, 0.4) is 0 Å². The number of likely N-dealkylation sites (tertiary alicyclic amines) is 1. The number of hydrogen-bond acceptors (Lipinski definition) is 3. The van der Waals surface area contributed by atoms with Crippen LogP contribution in [0.25, 0.3) is 0 Å². The van der Waals surface area contributed by atoms with Crippen LogP contribution in [0.2, 0.25) is 0 Å². The Morgan fingerprint density at radius 3 is 2.33 bits per heavy atom. The fraction of sp³-hybridized carbons (Fsp3) is 0.529. The van der Waals surface area contributed by atoms with E-state index in [0.717, 1.165) is 11.3 Å². The summed E-state index contributed by atoms with van der Waals surface area (Å²) in [6, 6.07) is 5.61. The molecule has 0 spiro atoms. The predicted octanol–water partition coefficient (Wildman–Crippen LogP) is 2.80. The minimum Gasteiger partial charge on any atom is -0.496 e. The fourth-order valence-electron chi connectivity index (χ4n) is 2.59. The predicted molar refractivity (Wildman–Crippen MR) is 81.8 cm³/mol. The Hall–Kier alpha value is -1.84. The van der Waals surface area contributed by atoms with E-state index in [1.165, 1.54) is 0 Å². The number of nitrogens with zero attached hydrogens (tertiary/aromatic N) is 1. The molecule has 0 bridgehead atoms. The van der Waals surface area contributed by atoms with Crippen LogP contribution < -0.4 is 4.74 Å².